The number of hydrogen-bond donors (Lipinski definition) is 2. The number of ether oxygens (including phenoxy) is 1. The number of benzene rings is 2. The van der Waals surface area contributed by atoms with E-state index in [9.17, 15) is 9.90 Å². The molecule has 2 atom stereocenters. The van der Waals surface area contributed by atoms with Crippen LogP contribution in [0, 0.1) is 0 Å². The van der Waals surface area contributed by atoms with Crippen LogP contribution in [0.3, 0.4) is 0 Å². The monoisotopic (exact) mass is 356 g/mol. The molecule has 0 spiro atoms. The van der Waals surface area contributed by atoms with E-state index in [0.717, 1.165) is 34.7 Å². The predicted molar refractivity (Wildman–Crippen MR) is 103 cm³/mol. The van der Waals surface area contributed by atoms with Gasteiger partial charge in [0, 0.05) is 13.1 Å². The minimum atomic E-state index is -0.762. The quantitative estimate of drug-likeness (QED) is 0.878. The number of hydrogen-bond acceptors (Lipinski definition) is 4. The molecule has 0 aromatic heterocycles. The molecular formula is C21H28N2O3. The Bertz CT molecular complexity index is 797. The fourth-order valence-electron chi connectivity index (χ4n) is 3.70. The number of amides is 1. The van der Waals surface area contributed by atoms with Gasteiger partial charge in [0.15, 0.2) is 0 Å². The number of rotatable bonds is 3. The zero-order valence-corrected chi connectivity index (χ0v) is 15.7. The summed E-state index contributed by atoms with van der Waals surface area (Å²) in [6.45, 7) is 6.61. The molecular weight excluding hydrogens is 328 g/mol. The fraction of sp³-hybridized carbons (Fsp3) is 0.476. The van der Waals surface area contributed by atoms with Crippen LogP contribution in [0.2, 0.25) is 0 Å². The summed E-state index contributed by atoms with van der Waals surface area (Å²) in [5.74, 6) is 0. The first-order valence-corrected chi connectivity index (χ1v) is 9.20. The van der Waals surface area contributed by atoms with E-state index in [1.165, 1.54) is 0 Å². The number of aliphatic hydroxyl groups excluding tert-OH is 1. The molecule has 2 aromatic carbocycles. The van der Waals surface area contributed by atoms with Gasteiger partial charge < -0.3 is 20.5 Å². The number of carbonyl (C=O) groups is 1. The first-order chi connectivity index (χ1) is 12.3. The van der Waals surface area contributed by atoms with Crippen LogP contribution in [0.4, 0.5) is 4.79 Å². The normalized spacial score (nSPS) is 19.0. The number of fused-ring (bicyclic) bond motifs is 1. The lowest BCUT2D eigenvalue weighted by Gasteiger charge is -2.31. The standard InChI is InChI=1S/C21H28N2O3/c1-21(2,3)26-20(25)23-12-6-9-18(23)19(24)17-11-10-14(13-22)15-7-4-5-8-16(15)17/h4-5,7-8,10-11,18-19,24H,6,9,12-13,22H2,1-3H3. The van der Waals surface area contributed by atoms with Gasteiger partial charge in [-0.2, -0.15) is 0 Å². The first kappa shape index (κ1) is 18.7. The van der Waals surface area contributed by atoms with Crippen molar-refractivity contribution in [1.29, 1.82) is 0 Å². The summed E-state index contributed by atoms with van der Waals surface area (Å²) in [5.41, 5.74) is 7.18. The molecule has 1 fully saturated rings. The van der Waals surface area contributed by atoms with E-state index in [2.05, 4.69) is 0 Å². The van der Waals surface area contributed by atoms with Gasteiger partial charge >= 0.3 is 6.09 Å². The molecule has 2 aromatic rings. The van der Waals surface area contributed by atoms with Crippen LogP contribution in [0.15, 0.2) is 36.4 Å². The molecule has 0 bridgehead atoms. The van der Waals surface area contributed by atoms with Gasteiger partial charge in [0.1, 0.15) is 11.7 Å². The molecule has 5 heteroatoms. The highest BCUT2D eigenvalue weighted by Crippen LogP contribution is 2.35. The molecule has 2 unspecified atom stereocenters. The van der Waals surface area contributed by atoms with Crippen LogP contribution < -0.4 is 5.73 Å². The Balaban J connectivity index is 1.92. The van der Waals surface area contributed by atoms with Crippen LogP contribution in [0.25, 0.3) is 10.8 Å². The van der Waals surface area contributed by atoms with Crippen molar-refractivity contribution in [1.82, 2.24) is 4.90 Å². The van der Waals surface area contributed by atoms with E-state index in [4.69, 9.17) is 10.5 Å². The smallest absolute Gasteiger partial charge is 0.410 e. The van der Waals surface area contributed by atoms with E-state index >= 15 is 0 Å². The van der Waals surface area contributed by atoms with Crippen molar-refractivity contribution in [3.63, 3.8) is 0 Å². The average Bonchev–Trinajstić information content (AvgIpc) is 3.08. The van der Waals surface area contributed by atoms with E-state index < -0.39 is 11.7 Å². The zero-order chi connectivity index (χ0) is 18.9. The lowest BCUT2D eigenvalue weighted by Crippen LogP contribution is -2.42. The molecule has 140 valence electrons. The van der Waals surface area contributed by atoms with Gasteiger partial charge in [-0.05, 0) is 55.5 Å². The van der Waals surface area contributed by atoms with Crippen molar-refractivity contribution in [3.8, 4) is 0 Å². The van der Waals surface area contributed by atoms with Crippen molar-refractivity contribution < 1.29 is 14.6 Å². The Kier molecular flexibility index (Phi) is 5.21. The van der Waals surface area contributed by atoms with E-state index in [-0.39, 0.29) is 12.1 Å². The summed E-state index contributed by atoms with van der Waals surface area (Å²) >= 11 is 0. The first-order valence-electron chi connectivity index (χ1n) is 9.20. The van der Waals surface area contributed by atoms with Gasteiger partial charge in [0.05, 0.1) is 6.04 Å². The van der Waals surface area contributed by atoms with Crippen LogP contribution in [-0.2, 0) is 11.3 Å². The Labute approximate surface area is 154 Å². The Hall–Kier alpha value is -2.11. The minimum Gasteiger partial charge on any atom is -0.444 e. The summed E-state index contributed by atoms with van der Waals surface area (Å²) < 4.78 is 5.52. The highest BCUT2D eigenvalue weighted by atomic mass is 16.6. The summed E-state index contributed by atoms with van der Waals surface area (Å²) in [6, 6.07) is 11.6. The Morgan fingerprint density at radius 2 is 1.96 bits per heavy atom. The lowest BCUT2D eigenvalue weighted by molar-refractivity contribution is 0.00512. The third-order valence-electron chi connectivity index (χ3n) is 4.88. The number of aliphatic hydroxyl groups is 1. The number of nitrogens with zero attached hydrogens (tertiary/aromatic N) is 1. The fourth-order valence-corrected chi connectivity index (χ4v) is 3.70. The van der Waals surface area contributed by atoms with Crippen LogP contribution in [-0.4, -0.2) is 34.3 Å². The van der Waals surface area contributed by atoms with Crippen molar-refractivity contribution >= 4 is 16.9 Å². The zero-order valence-electron chi connectivity index (χ0n) is 15.7. The molecule has 1 heterocycles. The molecule has 3 N–H and O–H groups in total. The van der Waals surface area contributed by atoms with E-state index in [1.54, 1.807) is 4.90 Å². The number of carbonyl (C=O) groups excluding carboxylic acids is 1. The minimum absolute atomic E-state index is 0.281. The molecule has 3 rings (SSSR count). The third-order valence-corrected chi connectivity index (χ3v) is 4.88. The van der Waals surface area contributed by atoms with Gasteiger partial charge in [-0.15, -0.1) is 0 Å². The summed E-state index contributed by atoms with van der Waals surface area (Å²) in [4.78, 5) is 14.2. The maximum atomic E-state index is 12.5. The molecule has 0 saturated carbocycles. The van der Waals surface area contributed by atoms with Crippen molar-refractivity contribution in [2.75, 3.05) is 6.54 Å². The van der Waals surface area contributed by atoms with Gasteiger partial charge in [-0.25, -0.2) is 4.79 Å². The summed E-state index contributed by atoms with van der Waals surface area (Å²) in [5, 5.41) is 13.2. The number of nitrogens with two attached hydrogens (primary N) is 1. The topological polar surface area (TPSA) is 75.8 Å². The van der Waals surface area contributed by atoms with Gasteiger partial charge in [-0.1, -0.05) is 36.4 Å². The molecule has 5 nitrogen and oxygen atoms in total. The molecule has 1 saturated heterocycles. The maximum Gasteiger partial charge on any atom is 0.410 e. The number of likely N-dealkylation sites (tertiary alicyclic amines) is 1. The molecule has 26 heavy (non-hydrogen) atoms. The van der Waals surface area contributed by atoms with E-state index in [0.29, 0.717) is 13.1 Å². The Morgan fingerprint density at radius 1 is 1.27 bits per heavy atom. The lowest BCUT2D eigenvalue weighted by atomic mass is 9.92. The largest absolute Gasteiger partial charge is 0.444 e. The predicted octanol–water partition coefficient (Wildman–Crippen LogP) is 3.73. The summed E-state index contributed by atoms with van der Waals surface area (Å²) in [7, 11) is 0. The van der Waals surface area contributed by atoms with Crippen molar-refractivity contribution in [3.05, 3.63) is 47.5 Å². The second-order valence-electron chi connectivity index (χ2n) is 7.89. The van der Waals surface area contributed by atoms with Crippen molar-refractivity contribution in [2.24, 2.45) is 5.73 Å². The SMILES string of the molecule is CC(C)(C)OC(=O)N1CCCC1C(O)c1ccc(CN)c2ccccc12. The molecule has 0 radical (unpaired) electrons. The molecule has 1 amide bonds. The van der Waals surface area contributed by atoms with Crippen molar-refractivity contribution in [2.45, 2.75) is 57.9 Å². The van der Waals surface area contributed by atoms with Crippen LogP contribution in [0.1, 0.15) is 50.8 Å². The molecule has 1 aliphatic rings. The van der Waals surface area contributed by atoms with Crippen LogP contribution in [0.5, 0.6) is 0 Å². The van der Waals surface area contributed by atoms with Gasteiger partial charge in [0.2, 0.25) is 0 Å². The highest BCUT2D eigenvalue weighted by Gasteiger charge is 2.37. The second-order valence-corrected chi connectivity index (χ2v) is 7.89. The van der Waals surface area contributed by atoms with Gasteiger partial charge in [0.25, 0.3) is 0 Å². The average molecular weight is 356 g/mol. The van der Waals surface area contributed by atoms with Gasteiger partial charge in [-0.3, -0.25) is 0 Å². The summed E-state index contributed by atoms with van der Waals surface area (Å²) in [6.07, 6.45) is 0.497. The second kappa shape index (κ2) is 7.25. The molecule has 1 aliphatic heterocycles. The highest BCUT2D eigenvalue weighted by molar-refractivity contribution is 5.89. The molecule has 0 aliphatic carbocycles. The third kappa shape index (κ3) is 3.69. The maximum absolute atomic E-state index is 12.5. The Morgan fingerprint density at radius 3 is 2.62 bits per heavy atom. The van der Waals surface area contributed by atoms with E-state index in [1.807, 2.05) is 57.2 Å². The van der Waals surface area contributed by atoms with Crippen LogP contribution >= 0.6 is 0 Å².